The minimum absolute atomic E-state index is 0.122. The van der Waals surface area contributed by atoms with Crippen molar-refractivity contribution in [3.8, 4) is 5.75 Å². The van der Waals surface area contributed by atoms with Crippen LogP contribution in [0, 0.1) is 5.53 Å². The molecule has 0 aliphatic carbocycles. The van der Waals surface area contributed by atoms with Crippen molar-refractivity contribution in [1.29, 1.82) is 5.53 Å². The van der Waals surface area contributed by atoms with Crippen LogP contribution >= 0.6 is 0 Å². The summed E-state index contributed by atoms with van der Waals surface area (Å²) >= 11 is 0. The molecule has 0 radical (unpaired) electrons. The Labute approximate surface area is 154 Å². The number of ether oxygens (including phenoxy) is 1. The molecule has 0 spiro atoms. The molecule has 7 nitrogen and oxygen atoms in total. The van der Waals surface area contributed by atoms with Gasteiger partial charge >= 0.3 is 5.97 Å². The third-order valence-corrected chi connectivity index (χ3v) is 3.72. The minimum Gasteiger partial charge on any atom is -0.496 e. The number of carboxylic acid groups (broad SMARTS) is 1. The van der Waals surface area contributed by atoms with Gasteiger partial charge in [0.25, 0.3) is 0 Å². The third-order valence-electron chi connectivity index (χ3n) is 3.72. The molecule has 7 heteroatoms. The van der Waals surface area contributed by atoms with E-state index in [0.29, 0.717) is 19.4 Å². The van der Waals surface area contributed by atoms with Gasteiger partial charge in [-0.3, -0.25) is 10.7 Å². The van der Waals surface area contributed by atoms with Crippen LogP contribution in [0.1, 0.15) is 24.0 Å². The SMILES string of the molecule is C=CCc1ccc(/C=C/C=N[C@@H](CCC[N+](=N)CN)C(=O)O)c(OC)c1. The first kappa shape index (κ1) is 21.2. The summed E-state index contributed by atoms with van der Waals surface area (Å²) in [6.07, 6.45) is 8.48. The Balaban J connectivity index is 2.70. The largest absolute Gasteiger partial charge is 0.496 e. The van der Waals surface area contributed by atoms with Crippen LogP contribution in [0.3, 0.4) is 0 Å². The number of carboxylic acids is 1. The lowest BCUT2D eigenvalue weighted by Gasteiger charge is -2.07. The average molecular weight is 359 g/mol. The second-order valence-electron chi connectivity index (χ2n) is 5.67. The van der Waals surface area contributed by atoms with Crippen molar-refractivity contribution >= 4 is 18.3 Å². The number of methoxy groups -OCH3 is 1. The van der Waals surface area contributed by atoms with Crippen LogP contribution < -0.4 is 10.5 Å². The molecule has 1 aromatic rings. The zero-order chi connectivity index (χ0) is 19.4. The number of aliphatic carboxylic acids is 1. The van der Waals surface area contributed by atoms with Crippen LogP contribution in [0.5, 0.6) is 5.75 Å². The Hall–Kier alpha value is -2.80. The highest BCUT2D eigenvalue weighted by Crippen LogP contribution is 2.22. The number of hydrogen-bond donors (Lipinski definition) is 3. The van der Waals surface area contributed by atoms with Crippen LogP contribution in [0.4, 0.5) is 0 Å². The van der Waals surface area contributed by atoms with E-state index in [1.54, 1.807) is 13.2 Å². The van der Waals surface area contributed by atoms with E-state index in [2.05, 4.69) is 11.6 Å². The lowest BCUT2D eigenvalue weighted by Crippen LogP contribution is -2.22. The molecule has 0 saturated carbocycles. The highest BCUT2D eigenvalue weighted by atomic mass is 16.5. The fourth-order valence-electron chi connectivity index (χ4n) is 2.32. The second kappa shape index (κ2) is 11.7. The van der Waals surface area contributed by atoms with Crippen LogP contribution in [0.2, 0.25) is 0 Å². The van der Waals surface area contributed by atoms with Gasteiger partial charge in [0.05, 0.1) is 7.11 Å². The van der Waals surface area contributed by atoms with Crippen molar-refractivity contribution < 1.29 is 19.3 Å². The number of benzene rings is 1. The molecule has 0 aromatic heterocycles. The Morgan fingerprint density at radius 1 is 1.54 bits per heavy atom. The molecule has 0 amide bonds. The number of allylic oxidation sites excluding steroid dienone is 2. The molecule has 1 rings (SSSR count). The maximum Gasteiger partial charge on any atom is 0.328 e. The highest BCUT2D eigenvalue weighted by molar-refractivity contribution is 5.82. The zero-order valence-electron chi connectivity index (χ0n) is 15.1. The van der Waals surface area contributed by atoms with Gasteiger partial charge in [0.15, 0.2) is 6.54 Å². The Morgan fingerprint density at radius 3 is 2.92 bits per heavy atom. The van der Waals surface area contributed by atoms with Gasteiger partial charge in [-0.25, -0.2) is 4.79 Å². The van der Waals surface area contributed by atoms with Gasteiger partial charge in [0, 0.05) is 18.2 Å². The molecule has 0 heterocycles. The third kappa shape index (κ3) is 7.40. The van der Waals surface area contributed by atoms with Gasteiger partial charge in [0.2, 0.25) is 6.67 Å². The first-order valence-corrected chi connectivity index (χ1v) is 8.38. The summed E-state index contributed by atoms with van der Waals surface area (Å²) in [6, 6.07) is 5.04. The molecule has 1 aromatic carbocycles. The van der Waals surface area contributed by atoms with E-state index in [4.69, 9.17) is 16.0 Å². The lowest BCUT2D eigenvalue weighted by atomic mass is 10.1. The molecule has 1 atom stereocenters. The molecule has 0 aliphatic rings. The fourth-order valence-corrected chi connectivity index (χ4v) is 2.32. The lowest BCUT2D eigenvalue weighted by molar-refractivity contribution is -0.614. The maximum absolute atomic E-state index is 11.3. The first-order valence-electron chi connectivity index (χ1n) is 8.38. The number of nitrogens with zero attached hydrogens (tertiary/aromatic N) is 2. The van der Waals surface area contributed by atoms with Crippen LogP contribution in [0.25, 0.3) is 6.08 Å². The van der Waals surface area contributed by atoms with Gasteiger partial charge in [-0.2, -0.15) is 0 Å². The van der Waals surface area contributed by atoms with Crippen molar-refractivity contribution in [2.75, 3.05) is 20.3 Å². The quantitative estimate of drug-likeness (QED) is 0.175. The van der Waals surface area contributed by atoms with E-state index in [1.165, 1.54) is 10.9 Å². The summed E-state index contributed by atoms with van der Waals surface area (Å²) in [6.45, 7) is 4.26. The molecule has 0 saturated heterocycles. The second-order valence-corrected chi connectivity index (χ2v) is 5.67. The van der Waals surface area contributed by atoms with Crippen molar-refractivity contribution in [3.05, 3.63) is 48.1 Å². The molecule has 0 fully saturated rings. The standard InChI is InChI=1S/C19H26N4O3/c1-3-6-15-9-10-16(18(13-15)26-2)7-4-11-22-17(19(24)25)8-5-12-23(21)14-20/h3-4,7,9-11,13,17,21H,1,5-6,8,12,14,20H2,2H3/p+1/b7-4+,22-11?,23-21?/t17-/m0/s1. The van der Waals surface area contributed by atoms with Crippen LogP contribution in [0.15, 0.2) is 41.9 Å². The van der Waals surface area contributed by atoms with Crippen LogP contribution in [-0.4, -0.2) is 48.4 Å². The summed E-state index contributed by atoms with van der Waals surface area (Å²) in [5.74, 6) is -0.244. The molecule has 140 valence electrons. The van der Waals surface area contributed by atoms with E-state index < -0.39 is 12.0 Å². The first-order chi connectivity index (χ1) is 12.5. The molecule has 0 aliphatic heterocycles. The molecular formula is C19H27N4O3+. The number of nitrogens with two attached hydrogens (primary N) is 1. The monoisotopic (exact) mass is 359 g/mol. The van der Waals surface area contributed by atoms with E-state index in [-0.39, 0.29) is 6.67 Å². The van der Waals surface area contributed by atoms with Gasteiger partial charge in [-0.1, -0.05) is 23.7 Å². The number of carbonyl (C=O) groups is 1. The zero-order valence-corrected chi connectivity index (χ0v) is 15.1. The summed E-state index contributed by atoms with van der Waals surface area (Å²) in [7, 11) is 1.61. The van der Waals surface area contributed by atoms with Gasteiger partial charge < -0.3 is 9.84 Å². The number of rotatable bonds is 12. The Morgan fingerprint density at radius 2 is 2.31 bits per heavy atom. The number of aliphatic imine (C=N–C) groups is 1. The van der Waals surface area contributed by atoms with E-state index in [9.17, 15) is 9.90 Å². The van der Waals surface area contributed by atoms with Gasteiger partial charge in [0.1, 0.15) is 11.8 Å². The summed E-state index contributed by atoms with van der Waals surface area (Å²) < 4.78 is 6.56. The molecule has 26 heavy (non-hydrogen) atoms. The fraction of sp³-hybridized carbons (Fsp3) is 0.368. The van der Waals surface area contributed by atoms with Gasteiger partial charge in [-0.15, -0.1) is 11.3 Å². The predicted molar refractivity (Wildman–Crippen MR) is 102 cm³/mol. The Kier molecular flexibility index (Phi) is 9.56. The average Bonchev–Trinajstić information content (AvgIpc) is 2.64. The van der Waals surface area contributed by atoms with Crippen LogP contribution in [-0.2, 0) is 11.2 Å². The van der Waals surface area contributed by atoms with E-state index in [1.807, 2.05) is 30.4 Å². The van der Waals surface area contributed by atoms with Crippen molar-refractivity contribution in [3.63, 3.8) is 0 Å². The topological polar surface area (TPSA) is 112 Å². The normalized spacial score (nSPS) is 12.4. The summed E-state index contributed by atoms with van der Waals surface area (Å²) in [5, 5.41) is 9.22. The predicted octanol–water partition coefficient (Wildman–Crippen LogP) is 2.70. The molecule has 0 bridgehead atoms. The molecular weight excluding hydrogens is 332 g/mol. The Bertz CT molecular complexity index is 683. The maximum atomic E-state index is 11.3. The number of nitrogens with one attached hydrogen (secondary N) is 1. The van der Waals surface area contributed by atoms with Crippen molar-refractivity contribution in [2.45, 2.75) is 25.3 Å². The van der Waals surface area contributed by atoms with E-state index >= 15 is 0 Å². The van der Waals surface area contributed by atoms with E-state index in [0.717, 1.165) is 23.3 Å². The minimum atomic E-state index is -0.981. The molecule has 0 unspecified atom stereocenters. The summed E-state index contributed by atoms with van der Waals surface area (Å²) in [4.78, 5) is 15.3. The summed E-state index contributed by atoms with van der Waals surface area (Å²) in [5.41, 5.74) is 14.7. The highest BCUT2D eigenvalue weighted by Gasteiger charge is 2.15. The smallest absolute Gasteiger partial charge is 0.328 e. The molecule has 4 N–H and O–H groups in total. The number of hydrogen-bond acceptors (Lipinski definition) is 5. The van der Waals surface area contributed by atoms with Crippen molar-refractivity contribution in [2.24, 2.45) is 10.7 Å². The van der Waals surface area contributed by atoms with Gasteiger partial charge in [-0.05, 0) is 36.6 Å². The van der Waals surface area contributed by atoms with Crippen molar-refractivity contribution in [1.82, 2.24) is 0 Å².